The molecular formula is C20H21FN4O2S. The van der Waals surface area contributed by atoms with Crippen molar-refractivity contribution in [1.82, 2.24) is 20.5 Å². The Morgan fingerprint density at radius 3 is 2.57 bits per heavy atom. The van der Waals surface area contributed by atoms with Crippen molar-refractivity contribution in [2.75, 3.05) is 13.6 Å². The van der Waals surface area contributed by atoms with Gasteiger partial charge in [-0.2, -0.15) is 0 Å². The van der Waals surface area contributed by atoms with Gasteiger partial charge in [0, 0.05) is 13.6 Å². The van der Waals surface area contributed by atoms with Gasteiger partial charge in [-0.25, -0.2) is 14.2 Å². The van der Waals surface area contributed by atoms with Crippen LogP contribution in [0, 0.1) is 5.82 Å². The van der Waals surface area contributed by atoms with E-state index in [-0.39, 0.29) is 30.9 Å². The molecule has 8 heteroatoms. The van der Waals surface area contributed by atoms with Crippen molar-refractivity contribution in [1.29, 1.82) is 0 Å². The molecule has 1 unspecified atom stereocenters. The minimum atomic E-state index is -0.460. The molecular weight excluding hydrogens is 379 g/mol. The van der Waals surface area contributed by atoms with Gasteiger partial charge < -0.3 is 15.5 Å². The number of hydrogen-bond donors (Lipinski definition) is 2. The first-order chi connectivity index (χ1) is 13.4. The van der Waals surface area contributed by atoms with E-state index in [1.54, 1.807) is 35.4 Å². The topological polar surface area (TPSA) is 74.3 Å². The van der Waals surface area contributed by atoms with Gasteiger partial charge in [-0.3, -0.25) is 4.79 Å². The Morgan fingerprint density at radius 1 is 1.14 bits per heavy atom. The average molecular weight is 400 g/mol. The van der Waals surface area contributed by atoms with E-state index in [1.165, 1.54) is 12.1 Å². The maximum atomic E-state index is 12.9. The summed E-state index contributed by atoms with van der Waals surface area (Å²) >= 11 is 1.55. The molecule has 3 aromatic rings. The lowest BCUT2D eigenvalue weighted by atomic mass is 10.2. The number of halogens is 1. The van der Waals surface area contributed by atoms with Crippen LogP contribution >= 0.6 is 11.3 Å². The van der Waals surface area contributed by atoms with Crippen LogP contribution in [0.3, 0.4) is 0 Å². The van der Waals surface area contributed by atoms with Gasteiger partial charge in [0.2, 0.25) is 5.91 Å². The molecule has 0 aliphatic rings. The summed E-state index contributed by atoms with van der Waals surface area (Å²) in [4.78, 5) is 30.4. The van der Waals surface area contributed by atoms with Crippen molar-refractivity contribution < 1.29 is 14.0 Å². The second-order valence-electron chi connectivity index (χ2n) is 6.36. The Balaban J connectivity index is 1.49. The fourth-order valence-corrected chi connectivity index (χ4v) is 3.64. The van der Waals surface area contributed by atoms with Crippen molar-refractivity contribution >= 4 is 33.5 Å². The molecule has 1 atom stereocenters. The van der Waals surface area contributed by atoms with E-state index in [1.807, 2.05) is 31.2 Å². The zero-order valence-electron chi connectivity index (χ0n) is 15.6. The number of benzene rings is 2. The SMILES string of the molecule is CC(c1nc2ccccc2s1)N(C)C(=O)CNC(=O)NCc1ccc(F)cc1. The number of fused-ring (bicyclic) bond motifs is 1. The normalized spacial score (nSPS) is 11.8. The van der Waals surface area contributed by atoms with Crippen molar-refractivity contribution in [2.24, 2.45) is 0 Å². The summed E-state index contributed by atoms with van der Waals surface area (Å²) in [5.74, 6) is -0.548. The molecule has 2 N–H and O–H groups in total. The molecule has 2 aromatic carbocycles. The highest BCUT2D eigenvalue weighted by Crippen LogP contribution is 2.28. The van der Waals surface area contributed by atoms with Gasteiger partial charge in [-0.15, -0.1) is 11.3 Å². The molecule has 0 bridgehead atoms. The van der Waals surface area contributed by atoms with Gasteiger partial charge in [-0.05, 0) is 36.8 Å². The largest absolute Gasteiger partial charge is 0.335 e. The van der Waals surface area contributed by atoms with Crippen LogP contribution in [0.15, 0.2) is 48.5 Å². The highest BCUT2D eigenvalue weighted by molar-refractivity contribution is 7.18. The van der Waals surface area contributed by atoms with Crippen LogP contribution < -0.4 is 10.6 Å². The van der Waals surface area contributed by atoms with E-state index in [4.69, 9.17) is 0 Å². The standard InChI is InChI=1S/C20H21FN4O2S/c1-13(19-24-16-5-3-4-6-17(16)28-19)25(2)18(26)12-23-20(27)22-11-14-7-9-15(21)10-8-14/h3-10,13H,11-12H2,1-2H3,(H2,22,23,27). The van der Waals surface area contributed by atoms with Crippen LogP contribution in [0.4, 0.5) is 9.18 Å². The Hall–Kier alpha value is -3.00. The summed E-state index contributed by atoms with van der Waals surface area (Å²) in [6.07, 6.45) is 0. The minimum Gasteiger partial charge on any atom is -0.335 e. The summed E-state index contributed by atoms with van der Waals surface area (Å²) in [5.41, 5.74) is 1.68. The number of thiazole rings is 1. The van der Waals surface area contributed by atoms with Crippen molar-refractivity contribution in [3.8, 4) is 0 Å². The second-order valence-corrected chi connectivity index (χ2v) is 7.43. The van der Waals surface area contributed by atoms with E-state index in [2.05, 4.69) is 15.6 Å². The molecule has 0 aliphatic carbocycles. The summed E-state index contributed by atoms with van der Waals surface area (Å²) in [5, 5.41) is 6.03. The third kappa shape index (κ3) is 4.83. The van der Waals surface area contributed by atoms with E-state index >= 15 is 0 Å². The zero-order chi connectivity index (χ0) is 20.1. The third-order valence-electron chi connectivity index (χ3n) is 4.41. The Kier molecular flexibility index (Phi) is 6.20. The zero-order valence-corrected chi connectivity index (χ0v) is 16.4. The molecule has 0 saturated carbocycles. The van der Waals surface area contributed by atoms with E-state index < -0.39 is 6.03 Å². The molecule has 6 nitrogen and oxygen atoms in total. The van der Waals surface area contributed by atoms with Gasteiger partial charge in [0.05, 0.1) is 22.8 Å². The molecule has 0 spiro atoms. The minimum absolute atomic E-state index is 0.124. The number of nitrogens with one attached hydrogen (secondary N) is 2. The average Bonchev–Trinajstić information content (AvgIpc) is 3.14. The molecule has 3 amide bonds. The lowest BCUT2D eigenvalue weighted by Gasteiger charge is -2.23. The van der Waals surface area contributed by atoms with Crippen molar-refractivity contribution in [3.05, 3.63) is 64.9 Å². The second kappa shape index (κ2) is 8.79. The monoisotopic (exact) mass is 400 g/mol. The van der Waals surface area contributed by atoms with Crippen molar-refractivity contribution in [2.45, 2.75) is 19.5 Å². The fraction of sp³-hybridized carbons (Fsp3) is 0.250. The number of urea groups is 1. The number of hydrogen-bond acceptors (Lipinski definition) is 4. The predicted octanol–water partition coefficient (Wildman–Crippen LogP) is 3.45. The van der Waals surface area contributed by atoms with Gasteiger partial charge in [0.1, 0.15) is 10.8 Å². The van der Waals surface area contributed by atoms with E-state index in [0.29, 0.717) is 0 Å². The number of amides is 3. The first-order valence-electron chi connectivity index (χ1n) is 8.81. The summed E-state index contributed by atoms with van der Waals surface area (Å²) < 4.78 is 13.9. The third-order valence-corrected chi connectivity index (χ3v) is 5.62. The number of nitrogens with zero attached hydrogens (tertiary/aromatic N) is 2. The summed E-state index contributed by atoms with van der Waals surface area (Å²) in [6, 6.07) is 13.0. The van der Waals surface area contributed by atoms with Gasteiger partial charge in [-0.1, -0.05) is 24.3 Å². The smallest absolute Gasteiger partial charge is 0.315 e. The quantitative estimate of drug-likeness (QED) is 0.666. The highest BCUT2D eigenvalue weighted by atomic mass is 32.1. The Labute approximate surface area is 166 Å². The lowest BCUT2D eigenvalue weighted by Crippen LogP contribution is -2.43. The molecule has 0 aliphatic heterocycles. The van der Waals surface area contributed by atoms with Crippen LogP contribution in [-0.4, -0.2) is 35.4 Å². The van der Waals surface area contributed by atoms with Crippen LogP contribution in [0.1, 0.15) is 23.5 Å². The molecule has 0 radical (unpaired) electrons. The molecule has 3 rings (SSSR count). The first kappa shape index (κ1) is 19.8. The maximum Gasteiger partial charge on any atom is 0.315 e. The number of carbonyl (C=O) groups is 2. The van der Waals surface area contributed by atoms with E-state index in [9.17, 15) is 14.0 Å². The molecule has 0 saturated heterocycles. The molecule has 0 fully saturated rings. The highest BCUT2D eigenvalue weighted by Gasteiger charge is 2.21. The first-order valence-corrected chi connectivity index (χ1v) is 9.63. The Morgan fingerprint density at radius 2 is 1.86 bits per heavy atom. The number of rotatable bonds is 6. The lowest BCUT2D eigenvalue weighted by molar-refractivity contribution is -0.130. The van der Waals surface area contributed by atoms with Crippen LogP contribution in [0.25, 0.3) is 10.2 Å². The molecule has 146 valence electrons. The summed E-state index contributed by atoms with van der Waals surface area (Å²) in [7, 11) is 1.69. The number of aromatic nitrogens is 1. The number of likely N-dealkylation sites (N-methyl/N-ethyl adjacent to an activating group) is 1. The Bertz CT molecular complexity index is 941. The number of carbonyl (C=O) groups excluding carboxylic acids is 2. The fourth-order valence-electron chi connectivity index (χ4n) is 2.58. The summed E-state index contributed by atoms with van der Waals surface area (Å²) in [6.45, 7) is 2.03. The van der Waals surface area contributed by atoms with E-state index in [0.717, 1.165) is 20.8 Å². The van der Waals surface area contributed by atoms with Gasteiger partial charge >= 0.3 is 6.03 Å². The van der Waals surface area contributed by atoms with Gasteiger partial charge in [0.15, 0.2) is 0 Å². The van der Waals surface area contributed by atoms with Crippen LogP contribution in [0.5, 0.6) is 0 Å². The predicted molar refractivity (Wildman–Crippen MR) is 107 cm³/mol. The van der Waals surface area contributed by atoms with Crippen LogP contribution in [0.2, 0.25) is 0 Å². The van der Waals surface area contributed by atoms with Gasteiger partial charge in [0.25, 0.3) is 0 Å². The molecule has 1 aromatic heterocycles. The van der Waals surface area contributed by atoms with Crippen molar-refractivity contribution in [3.63, 3.8) is 0 Å². The molecule has 1 heterocycles. The van der Waals surface area contributed by atoms with Crippen LogP contribution in [-0.2, 0) is 11.3 Å². The maximum absolute atomic E-state index is 12.9. The number of para-hydroxylation sites is 1. The molecule has 28 heavy (non-hydrogen) atoms.